The van der Waals surface area contributed by atoms with E-state index in [0.717, 1.165) is 22.0 Å². The molecular weight excluding hydrogens is 332 g/mol. The summed E-state index contributed by atoms with van der Waals surface area (Å²) in [6.07, 6.45) is 0. The number of hydrogen-bond donors (Lipinski definition) is 1. The minimum Gasteiger partial charge on any atom is -0.486 e. The normalized spacial score (nSPS) is 11.8. The summed E-state index contributed by atoms with van der Waals surface area (Å²) in [4.78, 5) is 17.6. The molecule has 1 aromatic heterocycles. The SMILES string of the molecule is Cc1nc(COc2ccccc2)sc1C(=O)N[C@@H](C)c1ccccc1. The molecule has 0 aliphatic rings. The average Bonchev–Trinajstić information content (AvgIpc) is 3.02. The highest BCUT2D eigenvalue weighted by Crippen LogP contribution is 2.21. The van der Waals surface area contributed by atoms with E-state index in [1.807, 2.05) is 74.5 Å². The third-order valence-corrected chi connectivity index (χ3v) is 4.93. The minimum absolute atomic E-state index is 0.0563. The van der Waals surface area contributed by atoms with Crippen molar-refractivity contribution in [1.82, 2.24) is 10.3 Å². The molecule has 0 aliphatic heterocycles. The van der Waals surface area contributed by atoms with Crippen LogP contribution in [0.25, 0.3) is 0 Å². The average molecular weight is 352 g/mol. The number of rotatable bonds is 6. The number of carbonyl (C=O) groups excluding carboxylic acids is 1. The summed E-state index contributed by atoms with van der Waals surface area (Å²) < 4.78 is 5.71. The second kappa shape index (κ2) is 7.94. The van der Waals surface area contributed by atoms with Gasteiger partial charge >= 0.3 is 0 Å². The van der Waals surface area contributed by atoms with Gasteiger partial charge in [-0.05, 0) is 31.5 Å². The molecule has 0 fully saturated rings. The maximum atomic E-state index is 12.6. The molecule has 2 aromatic carbocycles. The zero-order valence-electron chi connectivity index (χ0n) is 14.2. The Bertz CT molecular complexity index is 831. The van der Waals surface area contributed by atoms with Crippen molar-refractivity contribution in [1.29, 1.82) is 0 Å². The smallest absolute Gasteiger partial charge is 0.263 e. The molecule has 0 radical (unpaired) electrons. The Hall–Kier alpha value is -2.66. The van der Waals surface area contributed by atoms with Gasteiger partial charge in [0.2, 0.25) is 0 Å². The lowest BCUT2D eigenvalue weighted by Gasteiger charge is -2.13. The van der Waals surface area contributed by atoms with E-state index in [1.165, 1.54) is 11.3 Å². The van der Waals surface area contributed by atoms with Crippen LogP contribution in [0.2, 0.25) is 0 Å². The van der Waals surface area contributed by atoms with Gasteiger partial charge in [0.15, 0.2) is 0 Å². The molecule has 1 heterocycles. The lowest BCUT2D eigenvalue weighted by Crippen LogP contribution is -2.26. The molecule has 1 atom stereocenters. The lowest BCUT2D eigenvalue weighted by atomic mass is 10.1. The molecule has 1 N–H and O–H groups in total. The van der Waals surface area contributed by atoms with Gasteiger partial charge in [0, 0.05) is 0 Å². The van der Waals surface area contributed by atoms with E-state index in [1.54, 1.807) is 0 Å². The zero-order chi connectivity index (χ0) is 17.6. The van der Waals surface area contributed by atoms with E-state index in [9.17, 15) is 4.79 Å². The monoisotopic (exact) mass is 352 g/mol. The maximum Gasteiger partial charge on any atom is 0.263 e. The number of ether oxygens (including phenoxy) is 1. The van der Waals surface area contributed by atoms with Crippen LogP contribution in [0.1, 0.15) is 38.9 Å². The Morgan fingerprint density at radius 1 is 1.12 bits per heavy atom. The Labute approximate surface area is 151 Å². The lowest BCUT2D eigenvalue weighted by molar-refractivity contribution is 0.0943. The topological polar surface area (TPSA) is 51.2 Å². The molecule has 0 saturated carbocycles. The summed E-state index contributed by atoms with van der Waals surface area (Å²) in [6.45, 7) is 4.19. The zero-order valence-corrected chi connectivity index (χ0v) is 15.0. The van der Waals surface area contributed by atoms with Gasteiger partial charge in [-0.1, -0.05) is 48.5 Å². The van der Waals surface area contributed by atoms with Gasteiger partial charge in [-0.2, -0.15) is 0 Å². The third-order valence-electron chi connectivity index (χ3n) is 3.80. The van der Waals surface area contributed by atoms with E-state index < -0.39 is 0 Å². The first kappa shape index (κ1) is 17.2. The second-order valence-electron chi connectivity index (χ2n) is 5.73. The molecule has 25 heavy (non-hydrogen) atoms. The van der Waals surface area contributed by atoms with E-state index in [0.29, 0.717) is 11.5 Å². The van der Waals surface area contributed by atoms with Crippen LogP contribution in [0, 0.1) is 6.92 Å². The quantitative estimate of drug-likeness (QED) is 0.709. The van der Waals surface area contributed by atoms with Crippen molar-refractivity contribution < 1.29 is 9.53 Å². The first-order chi connectivity index (χ1) is 12.1. The second-order valence-corrected chi connectivity index (χ2v) is 6.81. The van der Waals surface area contributed by atoms with Crippen molar-refractivity contribution in [2.75, 3.05) is 0 Å². The largest absolute Gasteiger partial charge is 0.486 e. The number of amides is 1. The summed E-state index contributed by atoms with van der Waals surface area (Å²) >= 11 is 1.38. The number of para-hydroxylation sites is 1. The van der Waals surface area contributed by atoms with Gasteiger partial charge < -0.3 is 10.1 Å². The Morgan fingerprint density at radius 2 is 1.76 bits per heavy atom. The van der Waals surface area contributed by atoms with Gasteiger partial charge in [-0.25, -0.2) is 4.98 Å². The molecule has 0 bridgehead atoms. The molecule has 5 heteroatoms. The van der Waals surface area contributed by atoms with Gasteiger partial charge in [0.25, 0.3) is 5.91 Å². The van der Waals surface area contributed by atoms with Crippen LogP contribution in [0.5, 0.6) is 5.75 Å². The van der Waals surface area contributed by atoms with Crippen molar-refractivity contribution >= 4 is 17.2 Å². The summed E-state index contributed by atoms with van der Waals surface area (Å²) in [5.74, 6) is 0.691. The molecule has 1 amide bonds. The standard InChI is InChI=1S/C20H20N2O2S/c1-14(16-9-5-3-6-10-16)22-20(23)19-15(2)21-18(25-19)13-24-17-11-7-4-8-12-17/h3-12,14H,13H2,1-2H3,(H,22,23)/t14-/m0/s1. The molecule has 0 saturated heterocycles. The Morgan fingerprint density at radius 3 is 2.44 bits per heavy atom. The van der Waals surface area contributed by atoms with Crippen molar-refractivity contribution in [2.45, 2.75) is 26.5 Å². The van der Waals surface area contributed by atoms with Crippen molar-refractivity contribution in [3.8, 4) is 5.75 Å². The highest BCUT2D eigenvalue weighted by molar-refractivity contribution is 7.13. The highest BCUT2D eigenvalue weighted by atomic mass is 32.1. The third kappa shape index (κ3) is 4.45. The van der Waals surface area contributed by atoms with Crippen LogP contribution in [0.15, 0.2) is 60.7 Å². The van der Waals surface area contributed by atoms with Crippen LogP contribution < -0.4 is 10.1 Å². The molecule has 0 unspecified atom stereocenters. The number of hydrogen-bond acceptors (Lipinski definition) is 4. The fraction of sp³-hybridized carbons (Fsp3) is 0.200. The fourth-order valence-corrected chi connectivity index (χ4v) is 3.35. The summed E-state index contributed by atoms with van der Waals surface area (Å²) in [6, 6.07) is 19.4. The van der Waals surface area contributed by atoms with E-state index in [-0.39, 0.29) is 11.9 Å². The van der Waals surface area contributed by atoms with Crippen molar-refractivity contribution in [2.24, 2.45) is 0 Å². The number of nitrogens with zero attached hydrogens (tertiary/aromatic N) is 1. The first-order valence-corrected chi connectivity index (χ1v) is 8.95. The number of carbonyl (C=O) groups is 1. The van der Waals surface area contributed by atoms with E-state index in [2.05, 4.69) is 10.3 Å². The number of benzene rings is 2. The highest BCUT2D eigenvalue weighted by Gasteiger charge is 2.18. The van der Waals surface area contributed by atoms with Crippen LogP contribution in [0.4, 0.5) is 0 Å². The molecule has 3 aromatic rings. The maximum absolute atomic E-state index is 12.6. The van der Waals surface area contributed by atoms with E-state index in [4.69, 9.17) is 4.74 Å². The minimum atomic E-state index is -0.0997. The summed E-state index contributed by atoms with van der Waals surface area (Å²) in [7, 11) is 0. The molecule has 4 nitrogen and oxygen atoms in total. The van der Waals surface area contributed by atoms with Crippen LogP contribution in [-0.4, -0.2) is 10.9 Å². The van der Waals surface area contributed by atoms with Gasteiger partial charge in [0.1, 0.15) is 22.2 Å². The van der Waals surface area contributed by atoms with E-state index >= 15 is 0 Å². The first-order valence-electron chi connectivity index (χ1n) is 8.13. The number of thiazole rings is 1. The predicted molar refractivity (Wildman–Crippen MR) is 99.9 cm³/mol. The molecule has 128 valence electrons. The Balaban J connectivity index is 1.64. The fourth-order valence-electron chi connectivity index (χ4n) is 2.47. The van der Waals surface area contributed by atoms with Crippen LogP contribution in [-0.2, 0) is 6.61 Å². The predicted octanol–water partition coefficient (Wildman–Crippen LogP) is 4.52. The molecule has 0 aliphatic carbocycles. The van der Waals surface area contributed by atoms with Crippen LogP contribution >= 0.6 is 11.3 Å². The number of aromatic nitrogens is 1. The molecule has 3 rings (SSSR count). The number of nitrogens with one attached hydrogen (secondary N) is 1. The van der Waals surface area contributed by atoms with Crippen LogP contribution in [0.3, 0.4) is 0 Å². The summed E-state index contributed by atoms with van der Waals surface area (Å²) in [5.41, 5.74) is 1.81. The Kier molecular flexibility index (Phi) is 5.46. The van der Waals surface area contributed by atoms with Gasteiger partial charge in [-0.15, -0.1) is 11.3 Å². The van der Waals surface area contributed by atoms with Gasteiger partial charge in [-0.3, -0.25) is 4.79 Å². The molecular formula is C20H20N2O2S. The molecule has 0 spiro atoms. The van der Waals surface area contributed by atoms with Crippen molar-refractivity contribution in [3.05, 3.63) is 81.8 Å². The number of aryl methyl sites for hydroxylation is 1. The van der Waals surface area contributed by atoms with Gasteiger partial charge in [0.05, 0.1) is 11.7 Å². The summed E-state index contributed by atoms with van der Waals surface area (Å²) in [5, 5.41) is 3.82. The van der Waals surface area contributed by atoms with Crippen molar-refractivity contribution in [3.63, 3.8) is 0 Å².